The molecule has 2 unspecified atom stereocenters. The van der Waals surface area contributed by atoms with Crippen molar-refractivity contribution in [1.29, 1.82) is 0 Å². The van der Waals surface area contributed by atoms with Gasteiger partial charge in [0.25, 0.3) is 5.91 Å². The molecule has 1 saturated heterocycles. The van der Waals surface area contributed by atoms with Crippen molar-refractivity contribution in [3.05, 3.63) is 29.8 Å². The maximum atomic E-state index is 12.3. The second-order valence-electron chi connectivity index (χ2n) is 4.91. The highest BCUT2D eigenvalue weighted by Gasteiger charge is 2.26. The van der Waals surface area contributed by atoms with Crippen molar-refractivity contribution < 1.29 is 9.53 Å². The number of piperidine rings is 1. The molecule has 1 aromatic carbocycles. The molecule has 1 aromatic rings. The number of hydrogen-bond donors (Lipinski definition) is 1. The zero-order chi connectivity index (χ0) is 13.1. The molecule has 1 heterocycles. The Morgan fingerprint density at radius 1 is 1.50 bits per heavy atom. The maximum Gasteiger partial charge on any atom is 0.253 e. The molecule has 2 rings (SSSR count). The van der Waals surface area contributed by atoms with Crippen LogP contribution in [0, 0.1) is 5.92 Å². The topological polar surface area (TPSA) is 55.6 Å². The molecule has 4 heteroatoms. The molecule has 0 aromatic heterocycles. The first-order valence-electron chi connectivity index (χ1n) is 6.30. The fraction of sp³-hybridized carbons (Fsp3) is 0.500. The average Bonchev–Trinajstić information content (AvgIpc) is 2.41. The van der Waals surface area contributed by atoms with Crippen LogP contribution in [0.2, 0.25) is 0 Å². The van der Waals surface area contributed by atoms with E-state index in [4.69, 9.17) is 10.5 Å². The number of rotatable bonds is 2. The number of carbonyl (C=O) groups excluding carboxylic acids is 1. The minimum absolute atomic E-state index is 0.0626. The van der Waals surface area contributed by atoms with Gasteiger partial charge in [0.15, 0.2) is 0 Å². The van der Waals surface area contributed by atoms with Gasteiger partial charge < -0.3 is 15.4 Å². The Kier molecular flexibility index (Phi) is 3.87. The molecule has 1 aliphatic rings. The van der Waals surface area contributed by atoms with E-state index in [9.17, 15) is 4.79 Å². The summed E-state index contributed by atoms with van der Waals surface area (Å²) in [6.45, 7) is 3.56. The third kappa shape index (κ3) is 2.64. The molecule has 0 aliphatic carbocycles. The van der Waals surface area contributed by atoms with Crippen LogP contribution in [0.25, 0.3) is 0 Å². The zero-order valence-electron chi connectivity index (χ0n) is 10.9. The van der Waals surface area contributed by atoms with Crippen LogP contribution in [0.15, 0.2) is 24.3 Å². The van der Waals surface area contributed by atoms with Gasteiger partial charge >= 0.3 is 0 Å². The predicted octanol–water partition coefficient (Wildman–Crippen LogP) is 1.50. The highest BCUT2D eigenvalue weighted by atomic mass is 16.5. The minimum Gasteiger partial charge on any atom is -0.497 e. The molecule has 2 N–H and O–H groups in total. The summed E-state index contributed by atoms with van der Waals surface area (Å²) < 4.78 is 5.14. The Morgan fingerprint density at radius 3 is 2.94 bits per heavy atom. The maximum absolute atomic E-state index is 12.3. The van der Waals surface area contributed by atoms with Crippen molar-refractivity contribution >= 4 is 5.91 Å². The number of amides is 1. The molecule has 2 atom stereocenters. The monoisotopic (exact) mass is 248 g/mol. The smallest absolute Gasteiger partial charge is 0.253 e. The van der Waals surface area contributed by atoms with Crippen molar-refractivity contribution in [3.8, 4) is 5.75 Å². The number of nitrogens with two attached hydrogens (primary N) is 1. The molecule has 4 nitrogen and oxygen atoms in total. The zero-order valence-corrected chi connectivity index (χ0v) is 10.9. The van der Waals surface area contributed by atoms with Crippen LogP contribution in [0.4, 0.5) is 0 Å². The van der Waals surface area contributed by atoms with E-state index in [1.54, 1.807) is 13.2 Å². The molecule has 1 amide bonds. The summed E-state index contributed by atoms with van der Waals surface area (Å²) in [5, 5.41) is 0. The van der Waals surface area contributed by atoms with E-state index in [1.165, 1.54) is 0 Å². The van der Waals surface area contributed by atoms with Crippen molar-refractivity contribution in [1.82, 2.24) is 4.90 Å². The van der Waals surface area contributed by atoms with Crippen molar-refractivity contribution in [2.45, 2.75) is 19.4 Å². The van der Waals surface area contributed by atoms with E-state index < -0.39 is 0 Å². The van der Waals surface area contributed by atoms with Gasteiger partial charge in [-0.15, -0.1) is 0 Å². The summed E-state index contributed by atoms with van der Waals surface area (Å²) in [5.41, 5.74) is 6.64. The van der Waals surface area contributed by atoms with Gasteiger partial charge in [0.2, 0.25) is 0 Å². The first-order chi connectivity index (χ1) is 8.61. The van der Waals surface area contributed by atoms with Crippen LogP contribution in [0.5, 0.6) is 5.75 Å². The summed E-state index contributed by atoms with van der Waals surface area (Å²) in [5.74, 6) is 1.13. The number of ether oxygens (including phenoxy) is 1. The lowest BCUT2D eigenvalue weighted by atomic mass is 9.94. The second kappa shape index (κ2) is 5.40. The number of nitrogens with zero attached hydrogens (tertiary/aromatic N) is 1. The summed E-state index contributed by atoms with van der Waals surface area (Å²) >= 11 is 0. The van der Waals surface area contributed by atoms with Crippen molar-refractivity contribution in [3.63, 3.8) is 0 Å². The standard InChI is InChI=1S/C14H20N2O2/c1-10-9-16(7-6-13(10)15)14(17)11-4-3-5-12(8-11)18-2/h3-5,8,10,13H,6-7,9,15H2,1-2H3. The highest BCUT2D eigenvalue weighted by Crippen LogP contribution is 2.19. The van der Waals surface area contributed by atoms with Crippen LogP contribution in [0.1, 0.15) is 23.7 Å². The van der Waals surface area contributed by atoms with Gasteiger partial charge in [0, 0.05) is 24.7 Å². The third-order valence-corrected chi connectivity index (χ3v) is 3.58. The summed E-state index contributed by atoms with van der Waals surface area (Å²) in [6, 6.07) is 7.49. The molecule has 18 heavy (non-hydrogen) atoms. The number of hydrogen-bond acceptors (Lipinski definition) is 3. The van der Waals surface area contributed by atoms with Crippen LogP contribution < -0.4 is 10.5 Å². The van der Waals surface area contributed by atoms with Crippen LogP contribution in [0.3, 0.4) is 0 Å². The molecule has 98 valence electrons. The van der Waals surface area contributed by atoms with Gasteiger partial charge in [-0.05, 0) is 30.5 Å². The number of likely N-dealkylation sites (tertiary alicyclic amines) is 1. The fourth-order valence-corrected chi connectivity index (χ4v) is 2.29. The lowest BCUT2D eigenvalue weighted by Gasteiger charge is -2.35. The van der Waals surface area contributed by atoms with E-state index in [1.807, 2.05) is 23.1 Å². The Labute approximate surface area is 108 Å². The first-order valence-corrected chi connectivity index (χ1v) is 6.30. The fourth-order valence-electron chi connectivity index (χ4n) is 2.29. The number of benzene rings is 1. The lowest BCUT2D eigenvalue weighted by molar-refractivity contribution is 0.0664. The second-order valence-corrected chi connectivity index (χ2v) is 4.91. The molecule has 0 spiro atoms. The molecule has 0 saturated carbocycles. The summed E-state index contributed by atoms with van der Waals surface area (Å²) in [7, 11) is 1.60. The average molecular weight is 248 g/mol. The lowest BCUT2D eigenvalue weighted by Crippen LogP contribution is -2.48. The van der Waals surface area contributed by atoms with Gasteiger partial charge in [-0.25, -0.2) is 0 Å². The van der Waals surface area contributed by atoms with Crippen molar-refractivity contribution in [2.24, 2.45) is 11.7 Å². The summed E-state index contributed by atoms with van der Waals surface area (Å²) in [4.78, 5) is 14.2. The Bertz CT molecular complexity index is 434. The largest absolute Gasteiger partial charge is 0.497 e. The van der Waals surface area contributed by atoms with Gasteiger partial charge in [-0.2, -0.15) is 0 Å². The van der Waals surface area contributed by atoms with E-state index in [0.717, 1.165) is 19.5 Å². The predicted molar refractivity (Wildman–Crippen MR) is 70.7 cm³/mol. The van der Waals surface area contributed by atoms with Gasteiger partial charge in [0.1, 0.15) is 5.75 Å². The Hall–Kier alpha value is -1.55. The van der Waals surface area contributed by atoms with Crippen LogP contribution in [-0.2, 0) is 0 Å². The molecule has 0 bridgehead atoms. The van der Waals surface area contributed by atoms with E-state index in [2.05, 4.69) is 6.92 Å². The number of methoxy groups -OCH3 is 1. The van der Waals surface area contributed by atoms with Gasteiger partial charge in [0.05, 0.1) is 7.11 Å². The normalized spacial score (nSPS) is 23.8. The van der Waals surface area contributed by atoms with E-state index >= 15 is 0 Å². The van der Waals surface area contributed by atoms with E-state index in [0.29, 0.717) is 17.2 Å². The van der Waals surface area contributed by atoms with Gasteiger partial charge in [-0.1, -0.05) is 13.0 Å². The third-order valence-electron chi connectivity index (χ3n) is 3.58. The molecular weight excluding hydrogens is 228 g/mol. The molecule has 0 radical (unpaired) electrons. The molecule has 1 aliphatic heterocycles. The number of carbonyl (C=O) groups is 1. The SMILES string of the molecule is COc1cccc(C(=O)N2CCC(N)C(C)C2)c1. The molecular formula is C14H20N2O2. The van der Waals surface area contributed by atoms with Gasteiger partial charge in [-0.3, -0.25) is 4.79 Å². The van der Waals surface area contributed by atoms with E-state index in [-0.39, 0.29) is 11.9 Å². The minimum atomic E-state index is 0.0626. The Morgan fingerprint density at radius 2 is 2.28 bits per heavy atom. The van der Waals surface area contributed by atoms with Crippen LogP contribution >= 0.6 is 0 Å². The quantitative estimate of drug-likeness (QED) is 0.863. The molecule has 1 fully saturated rings. The van der Waals surface area contributed by atoms with Crippen molar-refractivity contribution in [2.75, 3.05) is 20.2 Å². The van der Waals surface area contributed by atoms with Crippen LogP contribution in [-0.4, -0.2) is 37.0 Å². The Balaban J connectivity index is 2.11. The highest BCUT2D eigenvalue weighted by molar-refractivity contribution is 5.94. The first kappa shape index (κ1) is 12.9. The summed E-state index contributed by atoms with van der Waals surface area (Å²) in [6.07, 6.45) is 0.872.